The van der Waals surface area contributed by atoms with Crippen molar-refractivity contribution in [3.63, 3.8) is 0 Å². The van der Waals surface area contributed by atoms with Crippen LogP contribution in [0.5, 0.6) is 0 Å². The van der Waals surface area contributed by atoms with Gasteiger partial charge < -0.3 is 0 Å². The Labute approximate surface area is 108 Å². The maximum absolute atomic E-state index is 11.8. The zero-order valence-electron chi connectivity index (χ0n) is 8.72. The second-order valence-corrected chi connectivity index (χ2v) is 4.69. The van der Waals surface area contributed by atoms with Crippen molar-refractivity contribution in [1.82, 2.24) is 0 Å². The fourth-order valence-corrected chi connectivity index (χ4v) is 2.22. The number of carbonyl (C=O) groups is 1. The molecule has 0 saturated carbocycles. The molecule has 1 aromatic rings. The number of hydrogen-bond donors (Lipinski definition) is 0. The van der Waals surface area contributed by atoms with Gasteiger partial charge in [-0.05, 0) is 17.5 Å². The van der Waals surface area contributed by atoms with Crippen LogP contribution in [0, 0.1) is 0 Å². The van der Waals surface area contributed by atoms with Crippen molar-refractivity contribution in [3.8, 4) is 0 Å². The Kier molecular flexibility index (Phi) is 5.54. The van der Waals surface area contributed by atoms with Crippen LogP contribution in [0.4, 0.5) is 0 Å². The van der Waals surface area contributed by atoms with Gasteiger partial charge in [0.2, 0.25) is 0 Å². The van der Waals surface area contributed by atoms with Gasteiger partial charge in [-0.15, -0.1) is 0 Å². The Morgan fingerprint density at radius 1 is 1.33 bits per heavy atom. The van der Waals surface area contributed by atoms with Gasteiger partial charge in [-0.3, -0.25) is 4.79 Å². The maximum atomic E-state index is 11.8. The Morgan fingerprint density at radius 2 is 2.07 bits per heavy atom. The highest BCUT2D eigenvalue weighted by Crippen LogP contribution is 2.17. The molecule has 0 aromatic heterocycles. The minimum Gasteiger partial charge on any atom is -0.294 e. The molecule has 0 aliphatic carbocycles. The van der Waals surface area contributed by atoms with Crippen LogP contribution >= 0.6 is 31.9 Å². The number of halogens is 2. The molecule has 15 heavy (non-hydrogen) atoms. The molecule has 0 heterocycles. The van der Waals surface area contributed by atoms with E-state index in [2.05, 4.69) is 44.8 Å². The van der Waals surface area contributed by atoms with Gasteiger partial charge in [0.1, 0.15) is 0 Å². The first-order valence-electron chi connectivity index (χ1n) is 4.99. The van der Waals surface area contributed by atoms with E-state index in [1.54, 1.807) is 0 Å². The summed E-state index contributed by atoms with van der Waals surface area (Å²) in [5.74, 6) is 0.227. The van der Waals surface area contributed by atoms with Crippen LogP contribution in [-0.4, -0.2) is 11.1 Å². The first-order chi connectivity index (χ1) is 7.22. The van der Waals surface area contributed by atoms with E-state index in [0.29, 0.717) is 6.42 Å². The number of rotatable bonds is 5. The smallest absolute Gasteiger partial charge is 0.163 e. The lowest BCUT2D eigenvalue weighted by atomic mass is 9.98. The van der Waals surface area contributed by atoms with E-state index in [0.717, 1.165) is 28.2 Å². The van der Waals surface area contributed by atoms with Gasteiger partial charge in [-0.1, -0.05) is 57.0 Å². The molecule has 3 heteroatoms. The first kappa shape index (κ1) is 12.9. The van der Waals surface area contributed by atoms with E-state index in [-0.39, 0.29) is 5.78 Å². The molecular formula is C12H14Br2O. The van der Waals surface area contributed by atoms with Crippen molar-refractivity contribution in [2.45, 2.75) is 25.1 Å². The second-order valence-electron chi connectivity index (χ2n) is 3.34. The lowest BCUT2D eigenvalue weighted by molar-refractivity contribution is 0.0989. The molecule has 1 rings (SSSR count). The average Bonchev–Trinajstić information content (AvgIpc) is 2.28. The molecule has 0 aliphatic rings. The lowest BCUT2D eigenvalue weighted by Crippen LogP contribution is -2.04. The Morgan fingerprint density at radius 3 is 2.60 bits per heavy atom. The van der Waals surface area contributed by atoms with E-state index in [1.807, 2.05) is 12.1 Å². The zero-order valence-corrected chi connectivity index (χ0v) is 11.9. The zero-order chi connectivity index (χ0) is 11.3. The molecule has 0 atom stereocenters. The second kappa shape index (κ2) is 6.44. The fraction of sp³-hybridized carbons (Fsp3) is 0.417. The van der Waals surface area contributed by atoms with Crippen molar-refractivity contribution < 1.29 is 4.79 Å². The molecule has 0 N–H and O–H groups in total. The molecule has 0 aliphatic heterocycles. The molecule has 0 saturated heterocycles. The number of Topliss-reactive ketones (excluding diaryl/α,β-unsaturated/α-hetero) is 1. The summed E-state index contributed by atoms with van der Waals surface area (Å²) in [5.41, 5.74) is 3.25. The molecular weight excluding hydrogens is 320 g/mol. The third-order valence-electron chi connectivity index (χ3n) is 2.33. The monoisotopic (exact) mass is 332 g/mol. The number of alkyl halides is 2. The summed E-state index contributed by atoms with van der Waals surface area (Å²) in [6.07, 6.45) is 1.48. The molecule has 0 radical (unpaired) electrons. The van der Waals surface area contributed by atoms with E-state index in [4.69, 9.17) is 0 Å². The van der Waals surface area contributed by atoms with Gasteiger partial charge in [-0.2, -0.15) is 0 Å². The van der Waals surface area contributed by atoms with E-state index < -0.39 is 0 Å². The van der Waals surface area contributed by atoms with Crippen molar-refractivity contribution in [1.29, 1.82) is 0 Å². The van der Waals surface area contributed by atoms with Crippen LogP contribution in [0.3, 0.4) is 0 Å². The number of ketones is 1. The third-order valence-corrected chi connectivity index (χ3v) is 3.37. The number of aryl methyl sites for hydroxylation is 1. The molecule has 0 fully saturated rings. The summed E-state index contributed by atoms with van der Waals surface area (Å²) in [4.78, 5) is 11.8. The molecule has 0 amide bonds. The minimum absolute atomic E-state index is 0.227. The summed E-state index contributed by atoms with van der Waals surface area (Å²) in [7, 11) is 0. The van der Waals surface area contributed by atoms with Gasteiger partial charge in [0.05, 0.1) is 0 Å². The van der Waals surface area contributed by atoms with Crippen LogP contribution in [0.1, 0.15) is 34.8 Å². The van der Waals surface area contributed by atoms with Gasteiger partial charge in [0.25, 0.3) is 0 Å². The van der Waals surface area contributed by atoms with E-state index >= 15 is 0 Å². The Balaban J connectivity index is 3.02. The molecule has 1 aromatic carbocycles. The summed E-state index contributed by atoms with van der Waals surface area (Å²) >= 11 is 6.71. The summed E-state index contributed by atoms with van der Waals surface area (Å²) in [6.45, 7) is 2.08. The van der Waals surface area contributed by atoms with Gasteiger partial charge >= 0.3 is 0 Å². The number of hydrogen-bond acceptors (Lipinski definition) is 1. The van der Waals surface area contributed by atoms with E-state index in [9.17, 15) is 4.79 Å². The largest absolute Gasteiger partial charge is 0.294 e. The summed E-state index contributed by atoms with van der Waals surface area (Å²) in [5, 5.41) is 1.57. The fourth-order valence-electron chi connectivity index (χ4n) is 1.52. The van der Waals surface area contributed by atoms with Crippen molar-refractivity contribution in [2.24, 2.45) is 0 Å². The van der Waals surface area contributed by atoms with Crippen molar-refractivity contribution >= 4 is 37.6 Å². The molecule has 0 bridgehead atoms. The Hall–Kier alpha value is -0.150. The standard InChI is InChI=1S/C12H14Br2O/c1-2-10-7-9(8-14)3-4-11(10)12(15)5-6-13/h3-4,7H,2,5-6,8H2,1H3. The highest BCUT2D eigenvalue weighted by molar-refractivity contribution is 9.09. The van der Waals surface area contributed by atoms with Gasteiger partial charge in [0.15, 0.2) is 5.78 Å². The quantitative estimate of drug-likeness (QED) is 0.585. The molecule has 82 valence electrons. The predicted octanol–water partition coefficient (Wildman–Crippen LogP) is 4.11. The molecule has 1 nitrogen and oxygen atoms in total. The van der Waals surface area contributed by atoms with Crippen LogP contribution in [0.2, 0.25) is 0 Å². The normalized spacial score (nSPS) is 10.3. The number of benzene rings is 1. The lowest BCUT2D eigenvalue weighted by Gasteiger charge is -2.07. The van der Waals surface area contributed by atoms with Crippen LogP contribution < -0.4 is 0 Å². The predicted molar refractivity (Wildman–Crippen MR) is 71.2 cm³/mol. The average molecular weight is 334 g/mol. The SMILES string of the molecule is CCc1cc(CBr)ccc1C(=O)CCBr. The van der Waals surface area contributed by atoms with Crippen molar-refractivity contribution in [2.75, 3.05) is 5.33 Å². The minimum atomic E-state index is 0.227. The van der Waals surface area contributed by atoms with Crippen LogP contribution in [0.15, 0.2) is 18.2 Å². The van der Waals surface area contributed by atoms with Gasteiger partial charge in [0, 0.05) is 22.6 Å². The molecule has 0 unspecified atom stereocenters. The van der Waals surface area contributed by atoms with Crippen LogP contribution in [0.25, 0.3) is 0 Å². The van der Waals surface area contributed by atoms with Crippen LogP contribution in [-0.2, 0) is 11.8 Å². The summed E-state index contributed by atoms with van der Waals surface area (Å²) < 4.78 is 0. The first-order valence-corrected chi connectivity index (χ1v) is 7.24. The Bertz CT molecular complexity index is 347. The highest BCUT2D eigenvalue weighted by Gasteiger charge is 2.09. The number of carbonyl (C=O) groups excluding carboxylic acids is 1. The maximum Gasteiger partial charge on any atom is 0.163 e. The summed E-state index contributed by atoms with van der Waals surface area (Å²) in [6, 6.07) is 6.06. The van der Waals surface area contributed by atoms with Crippen molar-refractivity contribution in [3.05, 3.63) is 34.9 Å². The van der Waals surface area contributed by atoms with Gasteiger partial charge in [-0.25, -0.2) is 0 Å². The highest BCUT2D eigenvalue weighted by atomic mass is 79.9. The third kappa shape index (κ3) is 3.42. The van der Waals surface area contributed by atoms with E-state index in [1.165, 1.54) is 5.56 Å². The molecule has 0 spiro atoms. The topological polar surface area (TPSA) is 17.1 Å².